The van der Waals surface area contributed by atoms with E-state index in [0.717, 1.165) is 23.5 Å². The number of nitrogens with zero attached hydrogens (tertiary/aromatic N) is 3. The monoisotopic (exact) mass is 418 g/mol. The van der Waals surface area contributed by atoms with Crippen molar-refractivity contribution in [1.29, 1.82) is 0 Å². The van der Waals surface area contributed by atoms with Crippen molar-refractivity contribution in [2.24, 2.45) is 0 Å². The van der Waals surface area contributed by atoms with E-state index in [1.165, 1.54) is 0 Å². The van der Waals surface area contributed by atoms with Crippen LogP contribution in [0.3, 0.4) is 0 Å². The predicted molar refractivity (Wildman–Crippen MR) is 107 cm³/mol. The highest BCUT2D eigenvalue weighted by molar-refractivity contribution is 6.32. The third-order valence-electron chi connectivity index (χ3n) is 4.56. The molecule has 0 saturated carbocycles. The van der Waals surface area contributed by atoms with Gasteiger partial charge < -0.3 is 19.3 Å². The van der Waals surface area contributed by atoms with Crippen LogP contribution in [-0.2, 0) is 19.7 Å². The zero-order chi connectivity index (χ0) is 21.0. The number of carbonyl (C=O) groups excluding carboxylic acids is 1. The van der Waals surface area contributed by atoms with Crippen LogP contribution in [0.5, 0.6) is 11.5 Å². The molecule has 3 aromatic rings. The molecule has 3 rings (SSSR count). The van der Waals surface area contributed by atoms with E-state index in [9.17, 15) is 4.79 Å². The van der Waals surface area contributed by atoms with Crippen molar-refractivity contribution in [3.63, 3.8) is 0 Å². The molecule has 154 valence electrons. The molecule has 9 heteroatoms. The van der Waals surface area contributed by atoms with Gasteiger partial charge in [0.2, 0.25) is 0 Å². The number of hydrogen-bond acceptors (Lipinski definition) is 6. The zero-order valence-corrected chi connectivity index (χ0v) is 17.5. The molecule has 0 radical (unpaired) electrons. The Bertz CT molecular complexity index is 1010. The molecule has 8 nitrogen and oxygen atoms in total. The molecule has 0 aliphatic rings. The molecular formula is C20H23ClN4O4. The lowest BCUT2D eigenvalue weighted by Crippen LogP contribution is -2.23. The summed E-state index contributed by atoms with van der Waals surface area (Å²) in [5.74, 6) is 1.20. The summed E-state index contributed by atoms with van der Waals surface area (Å²) in [6, 6.07) is 6.64. The van der Waals surface area contributed by atoms with Crippen molar-refractivity contribution < 1.29 is 18.8 Å². The van der Waals surface area contributed by atoms with Gasteiger partial charge in [0.15, 0.2) is 11.5 Å². The number of nitrogens with one attached hydrogen (secondary N) is 1. The van der Waals surface area contributed by atoms with Gasteiger partial charge in [-0.05, 0) is 32.9 Å². The average Bonchev–Trinajstić information content (AvgIpc) is 3.29. The molecule has 0 unspecified atom stereocenters. The van der Waals surface area contributed by atoms with Gasteiger partial charge in [-0.25, -0.2) is 0 Å². The van der Waals surface area contributed by atoms with E-state index in [0.29, 0.717) is 28.8 Å². The van der Waals surface area contributed by atoms with Crippen LogP contribution in [0.4, 0.5) is 0 Å². The third-order valence-corrected chi connectivity index (χ3v) is 4.85. The molecule has 1 amide bonds. The van der Waals surface area contributed by atoms with Crippen LogP contribution in [-0.4, -0.2) is 28.0 Å². The van der Waals surface area contributed by atoms with Crippen LogP contribution >= 0.6 is 11.6 Å². The Morgan fingerprint density at radius 2 is 2.10 bits per heavy atom. The lowest BCUT2D eigenvalue weighted by Gasteiger charge is -2.07. The Morgan fingerprint density at radius 3 is 2.76 bits per heavy atom. The van der Waals surface area contributed by atoms with Gasteiger partial charge in [-0.1, -0.05) is 16.8 Å². The van der Waals surface area contributed by atoms with E-state index >= 15 is 0 Å². The number of halogens is 1. The summed E-state index contributed by atoms with van der Waals surface area (Å²) in [6.07, 6.45) is 0. The van der Waals surface area contributed by atoms with E-state index < -0.39 is 0 Å². The smallest absolute Gasteiger partial charge is 0.273 e. The quantitative estimate of drug-likeness (QED) is 0.600. The highest BCUT2D eigenvalue weighted by Crippen LogP contribution is 2.29. The first kappa shape index (κ1) is 20.7. The summed E-state index contributed by atoms with van der Waals surface area (Å²) >= 11 is 6.15. The second kappa shape index (κ2) is 9.00. The number of rotatable bonds is 8. The maximum Gasteiger partial charge on any atom is 0.273 e. The van der Waals surface area contributed by atoms with Crippen molar-refractivity contribution in [3.05, 3.63) is 57.7 Å². The second-order valence-electron chi connectivity index (χ2n) is 6.41. The molecule has 2 heterocycles. The van der Waals surface area contributed by atoms with Gasteiger partial charge in [0.25, 0.3) is 5.91 Å². The van der Waals surface area contributed by atoms with Crippen molar-refractivity contribution in [2.45, 2.75) is 40.5 Å². The van der Waals surface area contributed by atoms with Crippen LogP contribution in [0.15, 0.2) is 28.8 Å². The number of carbonyl (C=O) groups is 1. The largest absolute Gasteiger partial charge is 0.497 e. The molecule has 0 bridgehead atoms. The number of ether oxygens (including phenoxy) is 2. The minimum Gasteiger partial charge on any atom is -0.497 e. The molecule has 0 aliphatic heterocycles. The Labute approximate surface area is 173 Å². The van der Waals surface area contributed by atoms with E-state index in [2.05, 4.69) is 15.6 Å². The number of methoxy groups -OCH3 is 1. The average molecular weight is 419 g/mol. The van der Waals surface area contributed by atoms with Gasteiger partial charge in [0.1, 0.15) is 18.1 Å². The van der Waals surface area contributed by atoms with Crippen LogP contribution in [0.2, 0.25) is 5.02 Å². The first-order valence-corrected chi connectivity index (χ1v) is 9.53. The molecule has 29 heavy (non-hydrogen) atoms. The van der Waals surface area contributed by atoms with Crippen molar-refractivity contribution in [2.75, 3.05) is 7.11 Å². The van der Waals surface area contributed by atoms with Gasteiger partial charge in [0, 0.05) is 36.5 Å². The van der Waals surface area contributed by atoms with Gasteiger partial charge in [-0.2, -0.15) is 5.10 Å². The topological polar surface area (TPSA) is 91.4 Å². The number of aryl methyl sites for hydroxylation is 2. The van der Waals surface area contributed by atoms with Gasteiger partial charge in [-0.15, -0.1) is 0 Å². The van der Waals surface area contributed by atoms with Gasteiger partial charge in [-0.3, -0.25) is 9.48 Å². The maximum atomic E-state index is 12.4. The fourth-order valence-corrected chi connectivity index (χ4v) is 3.14. The van der Waals surface area contributed by atoms with Gasteiger partial charge >= 0.3 is 0 Å². The number of benzene rings is 1. The van der Waals surface area contributed by atoms with Gasteiger partial charge in [0.05, 0.1) is 17.8 Å². The Morgan fingerprint density at radius 1 is 1.31 bits per heavy atom. The third kappa shape index (κ3) is 4.71. The van der Waals surface area contributed by atoms with Crippen LogP contribution in [0, 0.1) is 13.8 Å². The summed E-state index contributed by atoms with van der Waals surface area (Å²) < 4.78 is 17.8. The first-order chi connectivity index (χ1) is 13.9. The van der Waals surface area contributed by atoms with Crippen LogP contribution in [0.1, 0.15) is 40.1 Å². The molecule has 1 aromatic carbocycles. The molecular weight excluding hydrogens is 396 g/mol. The Kier molecular flexibility index (Phi) is 6.43. The van der Waals surface area contributed by atoms with E-state index in [1.807, 2.05) is 25.5 Å². The highest BCUT2D eigenvalue weighted by Gasteiger charge is 2.16. The summed E-state index contributed by atoms with van der Waals surface area (Å²) in [5, 5.41) is 11.5. The SMILES string of the molecule is CCn1nc(C)c(CNC(=O)c2cc(COc3ccc(OC)cc3Cl)on2)c1C. The lowest BCUT2D eigenvalue weighted by atomic mass is 10.2. The van der Waals surface area contributed by atoms with E-state index in [-0.39, 0.29) is 18.2 Å². The zero-order valence-electron chi connectivity index (χ0n) is 16.8. The molecule has 0 atom stereocenters. The number of aromatic nitrogens is 3. The summed E-state index contributed by atoms with van der Waals surface area (Å²) in [4.78, 5) is 12.4. The molecule has 0 saturated heterocycles. The summed E-state index contributed by atoms with van der Waals surface area (Å²) in [6.45, 7) is 7.19. The summed E-state index contributed by atoms with van der Waals surface area (Å²) in [5.41, 5.74) is 3.12. The van der Waals surface area contributed by atoms with Crippen LogP contribution in [0.25, 0.3) is 0 Å². The normalized spacial score (nSPS) is 10.8. The molecule has 0 spiro atoms. The minimum atomic E-state index is -0.328. The van der Waals surface area contributed by atoms with E-state index in [1.54, 1.807) is 31.4 Å². The lowest BCUT2D eigenvalue weighted by molar-refractivity contribution is 0.0941. The molecule has 0 aliphatic carbocycles. The molecule has 0 fully saturated rings. The fourth-order valence-electron chi connectivity index (χ4n) is 2.92. The maximum absolute atomic E-state index is 12.4. The minimum absolute atomic E-state index is 0.0911. The number of hydrogen-bond donors (Lipinski definition) is 1. The Balaban J connectivity index is 1.58. The second-order valence-corrected chi connectivity index (χ2v) is 6.82. The summed E-state index contributed by atoms with van der Waals surface area (Å²) in [7, 11) is 1.56. The van der Waals surface area contributed by atoms with Crippen molar-refractivity contribution >= 4 is 17.5 Å². The number of amides is 1. The fraction of sp³-hybridized carbons (Fsp3) is 0.350. The molecule has 1 N–H and O–H groups in total. The predicted octanol–water partition coefficient (Wildman–Crippen LogP) is 3.68. The van der Waals surface area contributed by atoms with Crippen molar-refractivity contribution in [1.82, 2.24) is 20.3 Å². The standard InChI is InChI=1S/C20H23ClN4O4/c1-5-25-13(3)16(12(2)23-25)10-22-20(26)18-9-15(29-24-18)11-28-19-7-6-14(27-4)8-17(19)21/h6-9H,5,10-11H2,1-4H3,(H,22,26). The van der Waals surface area contributed by atoms with Crippen LogP contribution < -0.4 is 14.8 Å². The van der Waals surface area contributed by atoms with Crippen molar-refractivity contribution in [3.8, 4) is 11.5 Å². The highest BCUT2D eigenvalue weighted by atomic mass is 35.5. The van der Waals surface area contributed by atoms with E-state index in [4.69, 9.17) is 25.6 Å². The Hall–Kier alpha value is -3.00. The first-order valence-electron chi connectivity index (χ1n) is 9.16. The molecule has 2 aromatic heterocycles.